The van der Waals surface area contributed by atoms with Crippen molar-refractivity contribution in [3.63, 3.8) is 0 Å². The van der Waals surface area contributed by atoms with Gasteiger partial charge in [-0.15, -0.1) is 0 Å². The van der Waals surface area contributed by atoms with Crippen molar-refractivity contribution in [1.82, 2.24) is 0 Å². The molecule has 3 aliphatic rings. The van der Waals surface area contributed by atoms with Gasteiger partial charge in [0.2, 0.25) is 0 Å². The van der Waals surface area contributed by atoms with Gasteiger partial charge in [-0.25, -0.2) is 0 Å². The van der Waals surface area contributed by atoms with E-state index in [1.165, 1.54) is 121 Å². The maximum absolute atomic E-state index is 6.33. The van der Waals surface area contributed by atoms with Gasteiger partial charge in [0.05, 0.1) is 0 Å². The third-order valence-corrected chi connectivity index (χ3v) is 9.34. The Bertz CT molecular complexity index is 600. The second-order valence-corrected chi connectivity index (χ2v) is 11.5. The van der Waals surface area contributed by atoms with Gasteiger partial charge in [0.25, 0.3) is 0 Å². The molecule has 3 fully saturated rings. The zero-order valence-corrected chi connectivity index (χ0v) is 20.0. The Labute approximate surface area is 186 Å². The lowest BCUT2D eigenvalue weighted by Crippen LogP contribution is -2.21. The van der Waals surface area contributed by atoms with Gasteiger partial charge in [-0.3, -0.25) is 0 Å². The van der Waals surface area contributed by atoms with Crippen LogP contribution in [0.15, 0.2) is 16.5 Å². The summed E-state index contributed by atoms with van der Waals surface area (Å²) < 4.78 is 6.33. The van der Waals surface area contributed by atoms with Crippen LogP contribution in [0, 0.1) is 35.5 Å². The van der Waals surface area contributed by atoms with Crippen LogP contribution in [0.25, 0.3) is 0 Å². The van der Waals surface area contributed by atoms with E-state index in [-0.39, 0.29) is 0 Å². The summed E-state index contributed by atoms with van der Waals surface area (Å²) in [6, 6.07) is 4.59. The van der Waals surface area contributed by atoms with Crippen molar-refractivity contribution in [3.8, 4) is 0 Å². The molecule has 0 aliphatic heterocycles. The highest BCUT2D eigenvalue weighted by atomic mass is 16.3. The van der Waals surface area contributed by atoms with Crippen molar-refractivity contribution in [2.45, 2.75) is 123 Å². The molecule has 1 heterocycles. The fourth-order valence-corrected chi connectivity index (χ4v) is 7.19. The molecule has 2 unspecified atom stereocenters. The molecule has 4 rings (SSSR count). The Hall–Kier alpha value is -0.720. The van der Waals surface area contributed by atoms with Crippen LogP contribution in [0.3, 0.4) is 0 Å². The second-order valence-electron chi connectivity index (χ2n) is 11.5. The molecular formula is C29H48O. The summed E-state index contributed by atoms with van der Waals surface area (Å²) >= 11 is 0. The van der Waals surface area contributed by atoms with E-state index < -0.39 is 0 Å². The van der Waals surface area contributed by atoms with Crippen molar-refractivity contribution in [3.05, 3.63) is 23.7 Å². The average Bonchev–Trinajstić information content (AvgIpc) is 3.22. The van der Waals surface area contributed by atoms with Crippen LogP contribution < -0.4 is 0 Å². The summed E-state index contributed by atoms with van der Waals surface area (Å²) in [5, 5.41) is 0. The van der Waals surface area contributed by atoms with Crippen molar-refractivity contribution in [1.29, 1.82) is 0 Å². The molecule has 1 nitrogen and oxygen atoms in total. The molecule has 1 aromatic rings. The minimum absolute atomic E-state index is 0.866. The highest BCUT2D eigenvalue weighted by Gasteiger charge is 2.27. The van der Waals surface area contributed by atoms with Crippen LogP contribution in [0.5, 0.6) is 0 Å². The van der Waals surface area contributed by atoms with E-state index in [2.05, 4.69) is 26.0 Å². The smallest absolute Gasteiger partial charge is 0.104 e. The Balaban J connectivity index is 1.16. The molecular weight excluding hydrogens is 364 g/mol. The van der Waals surface area contributed by atoms with Gasteiger partial charge in [-0.1, -0.05) is 78.1 Å². The standard InChI is InChI=1S/C29H48O/c1-3-22-8-10-24(11-9-22)19-25-12-14-26(15-13-25)20-28-16-17-29(30-28)21-27-7-5-6-23(4-2)18-27/h16-17,22-27H,3-15,18-21H2,1-2H3. The number of hydrogen-bond acceptors (Lipinski definition) is 1. The van der Waals surface area contributed by atoms with Crippen LogP contribution in [-0.2, 0) is 12.8 Å². The molecule has 0 amide bonds. The van der Waals surface area contributed by atoms with E-state index in [0.717, 1.165) is 35.5 Å². The molecule has 1 aromatic heterocycles. The highest BCUT2D eigenvalue weighted by molar-refractivity contribution is 5.09. The van der Waals surface area contributed by atoms with E-state index >= 15 is 0 Å². The van der Waals surface area contributed by atoms with E-state index in [1.807, 2.05) is 0 Å². The fraction of sp³-hybridized carbons (Fsp3) is 0.862. The summed E-state index contributed by atoms with van der Waals surface area (Å²) in [4.78, 5) is 0. The van der Waals surface area contributed by atoms with Gasteiger partial charge in [-0.05, 0) is 79.7 Å². The van der Waals surface area contributed by atoms with Crippen molar-refractivity contribution < 1.29 is 4.42 Å². The first-order valence-electron chi connectivity index (χ1n) is 13.8. The zero-order valence-electron chi connectivity index (χ0n) is 20.0. The summed E-state index contributed by atoms with van der Waals surface area (Å²) in [5.74, 6) is 8.36. The van der Waals surface area contributed by atoms with E-state index in [4.69, 9.17) is 4.42 Å². The van der Waals surface area contributed by atoms with Gasteiger partial charge in [0.15, 0.2) is 0 Å². The van der Waals surface area contributed by atoms with Crippen LogP contribution in [0.4, 0.5) is 0 Å². The Morgan fingerprint density at radius 3 is 1.70 bits per heavy atom. The van der Waals surface area contributed by atoms with Gasteiger partial charge < -0.3 is 4.42 Å². The molecule has 170 valence electrons. The van der Waals surface area contributed by atoms with Crippen molar-refractivity contribution >= 4 is 0 Å². The minimum Gasteiger partial charge on any atom is -0.466 e. The lowest BCUT2D eigenvalue weighted by Gasteiger charge is -2.33. The van der Waals surface area contributed by atoms with Gasteiger partial charge in [0.1, 0.15) is 11.5 Å². The normalized spacial score (nSPS) is 35.4. The van der Waals surface area contributed by atoms with Crippen molar-refractivity contribution in [2.75, 3.05) is 0 Å². The van der Waals surface area contributed by atoms with Crippen LogP contribution >= 0.6 is 0 Å². The molecule has 0 saturated heterocycles. The molecule has 30 heavy (non-hydrogen) atoms. The SMILES string of the molecule is CCC1CCC(CC2CCC(Cc3ccc(CC4CCCC(CC)C4)o3)CC2)CC1. The maximum Gasteiger partial charge on any atom is 0.104 e. The monoisotopic (exact) mass is 412 g/mol. The maximum atomic E-state index is 6.33. The van der Waals surface area contributed by atoms with E-state index in [9.17, 15) is 0 Å². The largest absolute Gasteiger partial charge is 0.466 e. The first-order chi connectivity index (χ1) is 14.7. The van der Waals surface area contributed by atoms with Crippen LogP contribution in [0.1, 0.15) is 122 Å². The summed E-state index contributed by atoms with van der Waals surface area (Å²) in [7, 11) is 0. The first-order valence-corrected chi connectivity index (χ1v) is 13.8. The predicted octanol–water partition coefficient (Wildman–Crippen LogP) is 8.99. The Kier molecular flexibility index (Phi) is 8.42. The third-order valence-electron chi connectivity index (χ3n) is 9.34. The molecule has 3 aliphatic carbocycles. The van der Waals surface area contributed by atoms with Crippen molar-refractivity contribution in [2.24, 2.45) is 35.5 Å². The average molecular weight is 413 g/mol. The quantitative estimate of drug-likeness (QED) is 0.415. The molecule has 0 N–H and O–H groups in total. The molecule has 0 bridgehead atoms. The molecule has 3 saturated carbocycles. The summed E-state index contributed by atoms with van der Waals surface area (Å²) in [5.41, 5.74) is 0. The topological polar surface area (TPSA) is 13.1 Å². The predicted molar refractivity (Wildman–Crippen MR) is 128 cm³/mol. The molecule has 2 atom stereocenters. The summed E-state index contributed by atoms with van der Waals surface area (Å²) in [6.45, 7) is 4.75. The molecule has 0 spiro atoms. The number of hydrogen-bond donors (Lipinski definition) is 0. The van der Waals surface area contributed by atoms with Gasteiger partial charge in [0, 0.05) is 12.8 Å². The first kappa shape index (κ1) is 22.5. The van der Waals surface area contributed by atoms with Crippen LogP contribution in [-0.4, -0.2) is 0 Å². The minimum atomic E-state index is 0.866. The lowest BCUT2D eigenvalue weighted by atomic mass is 9.72. The second kappa shape index (κ2) is 11.2. The summed E-state index contributed by atoms with van der Waals surface area (Å²) in [6.07, 6.45) is 24.3. The number of furan rings is 1. The number of rotatable bonds is 8. The van der Waals surface area contributed by atoms with E-state index in [0.29, 0.717) is 0 Å². The molecule has 0 radical (unpaired) electrons. The fourth-order valence-electron chi connectivity index (χ4n) is 7.19. The zero-order chi connectivity index (χ0) is 20.8. The van der Waals surface area contributed by atoms with E-state index in [1.54, 1.807) is 0 Å². The van der Waals surface area contributed by atoms with Gasteiger partial charge >= 0.3 is 0 Å². The van der Waals surface area contributed by atoms with Crippen LogP contribution in [0.2, 0.25) is 0 Å². The van der Waals surface area contributed by atoms with Gasteiger partial charge in [-0.2, -0.15) is 0 Å². The lowest BCUT2D eigenvalue weighted by molar-refractivity contribution is 0.187. The third kappa shape index (κ3) is 6.39. The molecule has 0 aromatic carbocycles. The Morgan fingerprint density at radius 1 is 0.600 bits per heavy atom. The molecule has 1 heteroatoms. The highest BCUT2D eigenvalue weighted by Crippen LogP contribution is 2.40. The Morgan fingerprint density at radius 2 is 1.10 bits per heavy atom.